The van der Waals surface area contributed by atoms with E-state index >= 15 is 0 Å². The lowest BCUT2D eigenvalue weighted by molar-refractivity contribution is -0.128. The minimum absolute atomic E-state index is 0.0758. The van der Waals surface area contributed by atoms with Gasteiger partial charge < -0.3 is 19.5 Å². The second-order valence-corrected chi connectivity index (χ2v) is 8.83. The summed E-state index contributed by atoms with van der Waals surface area (Å²) in [4.78, 5) is 31.7. The van der Waals surface area contributed by atoms with Crippen molar-refractivity contribution < 1.29 is 24.2 Å². The van der Waals surface area contributed by atoms with Gasteiger partial charge in [0.25, 0.3) is 0 Å². The zero-order chi connectivity index (χ0) is 21.1. The van der Waals surface area contributed by atoms with Crippen LogP contribution in [0.2, 0.25) is 0 Å². The molecule has 1 amide bonds. The molecule has 10 heteroatoms. The van der Waals surface area contributed by atoms with E-state index in [1.165, 1.54) is 23.1 Å². The van der Waals surface area contributed by atoms with E-state index in [9.17, 15) is 9.59 Å². The van der Waals surface area contributed by atoms with Crippen LogP contribution in [0.25, 0.3) is 0 Å². The lowest BCUT2D eigenvalue weighted by Gasteiger charge is -2.31. The van der Waals surface area contributed by atoms with E-state index in [4.69, 9.17) is 14.6 Å². The molecular formula is C19H31N3O5S2. The minimum Gasteiger partial charge on any atom is -0.476 e. The molecule has 1 N–H and O–H groups in total. The van der Waals surface area contributed by atoms with Crippen molar-refractivity contribution in [3.05, 3.63) is 11.1 Å². The van der Waals surface area contributed by atoms with Crippen LogP contribution in [0.4, 0.5) is 0 Å². The van der Waals surface area contributed by atoms with Crippen molar-refractivity contribution in [2.75, 3.05) is 58.4 Å². The summed E-state index contributed by atoms with van der Waals surface area (Å²) in [5.74, 6) is -0.121. The van der Waals surface area contributed by atoms with Gasteiger partial charge in [-0.05, 0) is 20.3 Å². The van der Waals surface area contributed by atoms with Crippen LogP contribution in [0.15, 0.2) is 9.72 Å². The number of amides is 1. The highest BCUT2D eigenvalue weighted by atomic mass is 32.2. The second-order valence-electron chi connectivity index (χ2n) is 6.63. The number of aromatic carboxylic acids is 1. The molecule has 1 atom stereocenters. The minimum atomic E-state index is -1.01. The summed E-state index contributed by atoms with van der Waals surface area (Å²) in [5.41, 5.74) is 0.0758. The van der Waals surface area contributed by atoms with E-state index in [2.05, 4.69) is 9.88 Å². The Morgan fingerprint density at radius 3 is 2.62 bits per heavy atom. The van der Waals surface area contributed by atoms with Crippen molar-refractivity contribution in [3.8, 4) is 0 Å². The van der Waals surface area contributed by atoms with E-state index in [1.54, 1.807) is 5.38 Å². The molecule has 2 rings (SSSR count). The van der Waals surface area contributed by atoms with Crippen molar-refractivity contribution in [1.29, 1.82) is 0 Å². The maximum Gasteiger partial charge on any atom is 0.355 e. The monoisotopic (exact) mass is 445 g/mol. The largest absolute Gasteiger partial charge is 0.476 e. The Labute approximate surface area is 180 Å². The number of ether oxygens (including phenoxy) is 2. The van der Waals surface area contributed by atoms with Gasteiger partial charge in [-0.1, -0.05) is 11.8 Å². The van der Waals surface area contributed by atoms with Crippen LogP contribution in [-0.2, 0) is 14.3 Å². The standard InChI is InChI=1S/C19H31N3O5S2/c1-3-26-10-7-21(8-11-27-4-2)13-15-5-6-17(23)22(15)9-12-28-19-20-16(14-29-19)18(24)25/h14-15H,3-13H2,1-2H3,(H,24,25). The molecule has 0 spiro atoms. The molecule has 1 aromatic heterocycles. The Hall–Kier alpha value is -1.20. The highest BCUT2D eigenvalue weighted by Gasteiger charge is 2.31. The molecule has 1 fully saturated rings. The number of carboxylic acid groups (broad SMARTS) is 1. The predicted molar refractivity (Wildman–Crippen MR) is 114 cm³/mol. The molecule has 164 valence electrons. The highest BCUT2D eigenvalue weighted by molar-refractivity contribution is 8.01. The Balaban J connectivity index is 1.84. The van der Waals surface area contributed by atoms with Crippen LogP contribution in [0, 0.1) is 0 Å². The first-order valence-corrected chi connectivity index (χ1v) is 11.9. The highest BCUT2D eigenvalue weighted by Crippen LogP contribution is 2.25. The van der Waals surface area contributed by atoms with Gasteiger partial charge in [0, 0.05) is 63.0 Å². The number of thioether (sulfide) groups is 1. The Morgan fingerprint density at radius 2 is 2.03 bits per heavy atom. The fourth-order valence-corrected chi connectivity index (χ4v) is 5.02. The van der Waals surface area contributed by atoms with Gasteiger partial charge in [0.2, 0.25) is 5.91 Å². The van der Waals surface area contributed by atoms with Crippen molar-refractivity contribution in [3.63, 3.8) is 0 Å². The third-order valence-electron chi connectivity index (χ3n) is 4.69. The number of hydrogen-bond donors (Lipinski definition) is 1. The lowest BCUT2D eigenvalue weighted by atomic mass is 10.2. The maximum absolute atomic E-state index is 12.4. The van der Waals surface area contributed by atoms with Gasteiger partial charge in [0.15, 0.2) is 10.0 Å². The third-order valence-corrected chi connectivity index (χ3v) is 6.69. The van der Waals surface area contributed by atoms with Crippen LogP contribution in [-0.4, -0.2) is 96.2 Å². The quantitative estimate of drug-likeness (QED) is 0.325. The topological polar surface area (TPSA) is 92.2 Å². The van der Waals surface area contributed by atoms with Gasteiger partial charge in [0.1, 0.15) is 0 Å². The van der Waals surface area contributed by atoms with Crippen LogP contribution in [0.5, 0.6) is 0 Å². The predicted octanol–water partition coefficient (Wildman–Crippen LogP) is 2.30. The van der Waals surface area contributed by atoms with Crippen LogP contribution in [0.1, 0.15) is 37.2 Å². The van der Waals surface area contributed by atoms with Gasteiger partial charge in [-0.25, -0.2) is 9.78 Å². The molecule has 0 aliphatic carbocycles. The van der Waals surface area contributed by atoms with Crippen molar-refractivity contribution in [2.45, 2.75) is 37.1 Å². The number of nitrogens with zero attached hydrogens (tertiary/aromatic N) is 3. The summed E-state index contributed by atoms with van der Waals surface area (Å²) in [6.45, 7) is 9.83. The molecule has 1 unspecified atom stereocenters. The fraction of sp³-hybridized carbons (Fsp3) is 0.737. The molecule has 1 saturated heterocycles. The molecule has 0 radical (unpaired) electrons. The summed E-state index contributed by atoms with van der Waals surface area (Å²) in [7, 11) is 0. The van der Waals surface area contributed by atoms with E-state index < -0.39 is 5.97 Å². The van der Waals surface area contributed by atoms with E-state index in [-0.39, 0.29) is 17.6 Å². The summed E-state index contributed by atoms with van der Waals surface area (Å²) in [6.07, 6.45) is 1.45. The summed E-state index contributed by atoms with van der Waals surface area (Å²) >= 11 is 2.83. The van der Waals surface area contributed by atoms with Crippen LogP contribution in [0.3, 0.4) is 0 Å². The SMILES string of the molecule is CCOCCN(CCOCC)CC1CCC(=O)N1CCSc1nc(C(=O)O)cs1. The number of thiazole rings is 1. The molecule has 0 saturated carbocycles. The summed E-state index contributed by atoms with van der Waals surface area (Å²) in [6, 6.07) is 0.192. The average Bonchev–Trinajstić information content (AvgIpc) is 3.30. The molecule has 1 aromatic rings. The first-order chi connectivity index (χ1) is 14.0. The molecule has 29 heavy (non-hydrogen) atoms. The number of rotatable bonds is 15. The number of carboxylic acids is 1. The normalized spacial score (nSPS) is 16.9. The van der Waals surface area contributed by atoms with Crippen molar-refractivity contribution >= 4 is 35.0 Å². The van der Waals surface area contributed by atoms with Gasteiger partial charge in [0.05, 0.1) is 13.2 Å². The first kappa shape index (κ1) is 24.1. The van der Waals surface area contributed by atoms with Crippen molar-refractivity contribution in [1.82, 2.24) is 14.8 Å². The second kappa shape index (κ2) is 13.2. The molecule has 0 aromatic carbocycles. The smallest absolute Gasteiger partial charge is 0.355 e. The number of carbonyl (C=O) groups excluding carboxylic acids is 1. The zero-order valence-electron chi connectivity index (χ0n) is 17.2. The Kier molecular flexibility index (Phi) is 10.9. The van der Waals surface area contributed by atoms with Gasteiger partial charge in [-0.3, -0.25) is 9.69 Å². The Bertz CT molecular complexity index is 633. The van der Waals surface area contributed by atoms with Gasteiger partial charge >= 0.3 is 5.97 Å². The van der Waals surface area contributed by atoms with Gasteiger partial charge in [-0.15, -0.1) is 11.3 Å². The average molecular weight is 446 g/mol. The van der Waals surface area contributed by atoms with Crippen LogP contribution < -0.4 is 0 Å². The molecule has 0 bridgehead atoms. The molecular weight excluding hydrogens is 414 g/mol. The summed E-state index contributed by atoms with van der Waals surface area (Å²) < 4.78 is 11.7. The van der Waals surface area contributed by atoms with E-state index in [0.717, 1.165) is 30.4 Å². The number of aromatic nitrogens is 1. The van der Waals surface area contributed by atoms with Gasteiger partial charge in [-0.2, -0.15) is 0 Å². The first-order valence-electron chi connectivity index (χ1n) is 10.0. The van der Waals surface area contributed by atoms with Crippen molar-refractivity contribution in [2.24, 2.45) is 0 Å². The van der Waals surface area contributed by atoms with Crippen LogP contribution >= 0.6 is 23.1 Å². The number of hydrogen-bond acceptors (Lipinski definition) is 8. The number of carbonyl (C=O) groups is 2. The molecule has 2 heterocycles. The fourth-order valence-electron chi connectivity index (χ4n) is 3.21. The molecule has 8 nitrogen and oxygen atoms in total. The zero-order valence-corrected chi connectivity index (χ0v) is 18.8. The maximum atomic E-state index is 12.4. The van der Waals surface area contributed by atoms with E-state index in [0.29, 0.717) is 45.1 Å². The third kappa shape index (κ3) is 8.21. The Morgan fingerprint density at radius 1 is 1.34 bits per heavy atom. The summed E-state index contributed by atoms with van der Waals surface area (Å²) in [5, 5.41) is 10.5. The number of likely N-dealkylation sites (tertiary alicyclic amines) is 1. The molecule has 1 aliphatic heterocycles. The molecule has 1 aliphatic rings. The van der Waals surface area contributed by atoms with E-state index in [1.807, 2.05) is 18.7 Å². The lowest BCUT2D eigenvalue weighted by Crippen LogP contribution is -2.44.